The Morgan fingerprint density at radius 2 is 2.06 bits per heavy atom. The molecule has 0 spiro atoms. The minimum absolute atomic E-state index is 0.256. The number of nitrogens with two attached hydrogens (primary N) is 1. The number of nitrogen functional groups attached to an aromatic ring is 1. The van der Waals surface area contributed by atoms with Crippen molar-refractivity contribution in [2.75, 3.05) is 25.9 Å². The van der Waals surface area contributed by atoms with Gasteiger partial charge in [-0.25, -0.2) is 0 Å². The normalized spacial score (nSPS) is 12.9. The van der Waals surface area contributed by atoms with Gasteiger partial charge in [-0.3, -0.25) is 4.90 Å². The van der Waals surface area contributed by atoms with Gasteiger partial charge >= 0.3 is 0 Å². The highest BCUT2D eigenvalue weighted by Gasteiger charge is 2.10. The fourth-order valence-electron chi connectivity index (χ4n) is 1.91. The molecule has 0 saturated heterocycles. The number of rotatable bonds is 7. The predicted molar refractivity (Wildman–Crippen MR) is 72.9 cm³/mol. The fourth-order valence-corrected chi connectivity index (χ4v) is 1.91. The summed E-state index contributed by atoms with van der Waals surface area (Å²) < 4.78 is 5.32. The molecular weight excluding hydrogens is 212 g/mol. The van der Waals surface area contributed by atoms with Gasteiger partial charge in [0, 0.05) is 25.9 Å². The maximum atomic E-state index is 5.97. The van der Waals surface area contributed by atoms with Crippen LogP contribution in [0.1, 0.15) is 25.8 Å². The molecule has 0 radical (unpaired) electrons. The highest BCUT2D eigenvalue weighted by atomic mass is 16.5. The van der Waals surface area contributed by atoms with Crippen LogP contribution in [0.3, 0.4) is 0 Å². The highest BCUT2D eigenvalue weighted by molar-refractivity contribution is 5.46. The van der Waals surface area contributed by atoms with Gasteiger partial charge in [0.1, 0.15) is 0 Å². The zero-order chi connectivity index (χ0) is 12.7. The third-order valence-corrected chi connectivity index (χ3v) is 2.91. The summed E-state index contributed by atoms with van der Waals surface area (Å²) in [5, 5.41) is 0. The summed E-state index contributed by atoms with van der Waals surface area (Å²) >= 11 is 0. The summed E-state index contributed by atoms with van der Waals surface area (Å²) in [6.45, 7) is 7.20. The molecule has 1 unspecified atom stereocenters. The smallest absolute Gasteiger partial charge is 0.0670 e. The molecular formula is C14H24N2O. The minimum atomic E-state index is 0.256. The van der Waals surface area contributed by atoms with Crippen LogP contribution in [0, 0.1) is 0 Å². The molecule has 0 bridgehead atoms. The topological polar surface area (TPSA) is 38.5 Å². The monoisotopic (exact) mass is 236 g/mol. The highest BCUT2D eigenvalue weighted by Crippen LogP contribution is 2.14. The van der Waals surface area contributed by atoms with Crippen LogP contribution in [-0.2, 0) is 11.3 Å². The second kappa shape index (κ2) is 7.30. The van der Waals surface area contributed by atoms with Crippen molar-refractivity contribution in [2.45, 2.75) is 32.9 Å². The van der Waals surface area contributed by atoms with Crippen LogP contribution in [0.5, 0.6) is 0 Å². The molecule has 0 fully saturated rings. The Balaban J connectivity index is 2.63. The molecule has 1 aromatic carbocycles. The summed E-state index contributed by atoms with van der Waals surface area (Å²) in [5.41, 5.74) is 8.04. The van der Waals surface area contributed by atoms with Crippen molar-refractivity contribution in [3.63, 3.8) is 0 Å². The van der Waals surface area contributed by atoms with E-state index in [1.54, 1.807) is 7.11 Å². The van der Waals surface area contributed by atoms with E-state index in [-0.39, 0.29) is 6.10 Å². The fraction of sp³-hybridized carbons (Fsp3) is 0.571. The first-order valence-electron chi connectivity index (χ1n) is 6.25. The number of methoxy groups -OCH3 is 1. The molecule has 17 heavy (non-hydrogen) atoms. The van der Waals surface area contributed by atoms with Crippen LogP contribution in [-0.4, -0.2) is 31.2 Å². The molecule has 1 rings (SSSR count). The largest absolute Gasteiger partial charge is 0.398 e. The van der Waals surface area contributed by atoms with Crippen molar-refractivity contribution < 1.29 is 4.74 Å². The molecule has 3 nitrogen and oxygen atoms in total. The van der Waals surface area contributed by atoms with Gasteiger partial charge in [-0.05, 0) is 31.5 Å². The molecule has 1 aromatic rings. The third kappa shape index (κ3) is 4.75. The van der Waals surface area contributed by atoms with Gasteiger partial charge in [-0.2, -0.15) is 0 Å². The average Bonchev–Trinajstić information content (AvgIpc) is 2.32. The maximum absolute atomic E-state index is 5.97. The first kappa shape index (κ1) is 14.0. The van der Waals surface area contributed by atoms with E-state index in [9.17, 15) is 0 Å². The number of para-hydroxylation sites is 1. The maximum Gasteiger partial charge on any atom is 0.0670 e. The zero-order valence-electron chi connectivity index (χ0n) is 11.1. The zero-order valence-corrected chi connectivity index (χ0v) is 11.1. The van der Waals surface area contributed by atoms with E-state index in [1.807, 2.05) is 18.2 Å². The van der Waals surface area contributed by atoms with Gasteiger partial charge in [0.2, 0.25) is 0 Å². The van der Waals surface area contributed by atoms with Gasteiger partial charge in [-0.1, -0.05) is 25.1 Å². The Morgan fingerprint density at radius 3 is 2.65 bits per heavy atom. The lowest BCUT2D eigenvalue weighted by molar-refractivity contribution is 0.0743. The minimum Gasteiger partial charge on any atom is -0.398 e. The van der Waals surface area contributed by atoms with Crippen LogP contribution < -0.4 is 5.73 Å². The summed E-state index contributed by atoms with van der Waals surface area (Å²) in [4.78, 5) is 2.39. The van der Waals surface area contributed by atoms with Crippen molar-refractivity contribution in [3.05, 3.63) is 29.8 Å². The molecule has 0 aliphatic rings. The van der Waals surface area contributed by atoms with E-state index in [4.69, 9.17) is 10.5 Å². The first-order valence-corrected chi connectivity index (χ1v) is 6.25. The first-order chi connectivity index (χ1) is 8.17. The molecule has 0 aliphatic carbocycles. The lowest BCUT2D eigenvalue weighted by atomic mass is 10.1. The van der Waals surface area contributed by atoms with Gasteiger partial charge in [0.15, 0.2) is 0 Å². The van der Waals surface area contributed by atoms with Gasteiger partial charge in [-0.15, -0.1) is 0 Å². The van der Waals surface area contributed by atoms with Gasteiger partial charge < -0.3 is 10.5 Å². The molecule has 0 heterocycles. The summed E-state index contributed by atoms with van der Waals surface area (Å²) in [7, 11) is 1.76. The Hall–Kier alpha value is -1.06. The molecule has 0 aliphatic heterocycles. The number of benzene rings is 1. The summed E-state index contributed by atoms with van der Waals surface area (Å²) in [6.07, 6.45) is 1.40. The van der Waals surface area contributed by atoms with Crippen molar-refractivity contribution >= 4 is 5.69 Å². The van der Waals surface area contributed by atoms with E-state index in [1.165, 1.54) is 5.56 Å². The number of hydrogen-bond donors (Lipinski definition) is 1. The molecule has 1 atom stereocenters. The van der Waals surface area contributed by atoms with E-state index in [2.05, 4.69) is 24.8 Å². The quantitative estimate of drug-likeness (QED) is 0.739. The molecule has 3 heteroatoms. The lowest BCUT2D eigenvalue weighted by Crippen LogP contribution is -2.32. The van der Waals surface area contributed by atoms with Crippen molar-refractivity contribution in [2.24, 2.45) is 0 Å². The van der Waals surface area contributed by atoms with Crippen molar-refractivity contribution in [3.8, 4) is 0 Å². The summed E-state index contributed by atoms with van der Waals surface area (Å²) in [5.74, 6) is 0. The average molecular weight is 236 g/mol. The molecule has 0 aromatic heterocycles. The number of anilines is 1. The third-order valence-electron chi connectivity index (χ3n) is 2.91. The standard InChI is InChI=1S/C14H24N2O/c1-4-9-16(10-12(2)17-3)11-13-7-5-6-8-14(13)15/h5-8,12H,4,9-11,15H2,1-3H3. The predicted octanol–water partition coefficient (Wildman–Crippen LogP) is 2.52. The summed E-state index contributed by atoms with van der Waals surface area (Å²) in [6, 6.07) is 8.06. The second-order valence-corrected chi connectivity index (χ2v) is 4.48. The van der Waals surface area contributed by atoms with Crippen molar-refractivity contribution in [1.29, 1.82) is 0 Å². The van der Waals surface area contributed by atoms with E-state index in [0.717, 1.165) is 31.7 Å². The number of hydrogen-bond acceptors (Lipinski definition) is 3. The van der Waals surface area contributed by atoms with Crippen LogP contribution >= 0.6 is 0 Å². The van der Waals surface area contributed by atoms with Gasteiger partial charge in [0.05, 0.1) is 6.10 Å². The Bertz CT molecular complexity index is 328. The van der Waals surface area contributed by atoms with Crippen LogP contribution in [0.4, 0.5) is 5.69 Å². The van der Waals surface area contributed by atoms with Crippen LogP contribution in [0.2, 0.25) is 0 Å². The Labute approximate surface area is 105 Å². The van der Waals surface area contributed by atoms with Crippen LogP contribution in [0.15, 0.2) is 24.3 Å². The van der Waals surface area contributed by atoms with E-state index in [0.29, 0.717) is 0 Å². The number of ether oxygens (including phenoxy) is 1. The lowest BCUT2D eigenvalue weighted by Gasteiger charge is -2.25. The number of nitrogens with zero attached hydrogens (tertiary/aromatic N) is 1. The second-order valence-electron chi connectivity index (χ2n) is 4.48. The molecule has 0 saturated carbocycles. The van der Waals surface area contributed by atoms with Crippen molar-refractivity contribution in [1.82, 2.24) is 4.90 Å². The van der Waals surface area contributed by atoms with E-state index < -0.39 is 0 Å². The Morgan fingerprint density at radius 1 is 1.35 bits per heavy atom. The Kier molecular flexibility index (Phi) is 6.01. The molecule has 2 N–H and O–H groups in total. The molecule has 0 amide bonds. The molecule has 96 valence electrons. The van der Waals surface area contributed by atoms with E-state index >= 15 is 0 Å². The SMILES string of the molecule is CCCN(Cc1ccccc1N)CC(C)OC. The van der Waals surface area contributed by atoms with Crippen LogP contribution in [0.25, 0.3) is 0 Å². The van der Waals surface area contributed by atoms with Gasteiger partial charge in [0.25, 0.3) is 0 Å².